The second kappa shape index (κ2) is 12.1. The Morgan fingerprint density at radius 1 is 0.492 bits per heavy atom. The lowest BCUT2D eigenvalue weighted by atomic mass is 9.53. The number of anilines is 3. The van der Waals surface area contributed by atoms with Crippen LogP contribution in [0.1, 0.15) is 56.2 Å². The summed E-state index contributed by atoms with van der Waals surface area (Å²) in [7, 11) is 0. The number of fused-ring (bicyclic) bond motifs is 7. The van der Waals surface area contributed by atoms with Gasteiger partial charge in [-0.15, -0.1) is 0 Å². The van der Waals surface area contributed by atoms with E-state index in [1.807, 2.05) is 0 Å². The van der Waals surface area contributed by atoms with Crippen molar-refractivity contribution in [2.75, 3.05) is 4.90 Å². The van der Waals surface area contributed by atoms with Crippen LogP contribution in [0, 0.1) is 29.6 Å². The van der Waals surface area contributed by atoms with Gasteiger partial charge in [0.1, 0.15) is 0 Å². The molecule has 5 aliphatic carbocycles. The van der Waals surface area contributed by atoms with Crippen molar-refractivity contribution in [1.82, 2.24) is 4.57 Å². The highest BCUT2D eigenvalue weighted by molar-refractivity contribution is 6.14. The second-order valence-corrected chi connectivity index (χ2v) is 19.8. The third-order valence-electron chi connectivity index (χ3n) is 16.7. The zero-order valence-electron chi connectivity index (χ0n) is 34.9. The van der Waals surface area contributed by atoms with Gasteiger partial charge in [0.2, 0.25) is 0 Å². The summed E-state index contributed by atoms with van der Waals surface area (Å²) < 4.78 is 2.49. The quantitative estimate of drug-likeness (QED) is 0.163. The summed E-state index contributed by atoms with van der Waals surface area (Å²) in [6, 6.07) is 66.8. The summed E-state index contributed by atoms with van der Waals surface area (Å²) in [6.45, 7) is 4.81. The van der Waals surface area contributed by atoms with Gasteiger partial charge in [-0.3, -0.25) is 0 Å². The van der Waals surface area contributed by atoms with Gasteiger partial charge in [-0.05, 0) is 154 Å². The maximum atomic E-state index is 2.62. The molecule has 14 rings (SSSR count). The van der Waals surface area contributed by atoms with Gasteiger partial charge >= 0.3 is 0 Å². The van der Waals surface area contributed by atoms with Gasteiger partial charge in [0.05, 0.1) is 16.7 Å². The summed E-state index contributed by atoms with van der Waals surface area (Å²) in [5, 5.41) is 5.10. The van der Waals surface area contributed by atoms with E-state index in [0.29, 0.717) is 5.41 Å². The molecular formula is C59H48N2. The van der Waals surface area contributed by atoms with E-state index in [1.165, 1.54) is 114 Å². The lowest BCUT2D eigenvalue weighted by molar-refractivity contribution is 0.0688. The number of rotatable bonds is 6. The second-order valence-electron chi connectivity index (χ2n) is 19.8. The highest BCUT2D eigenvalue weighted by Gasteiger charge is 2.73. The van der Waals surface area contributed by atoms with Crippen molar-refractivity contribution < 1.29 is 0 Å². The first-order valence-electron chi connectivity index (χ1n) is 22.7. The molecule has 6 atom stereocenters. The molecule has 4 fully saturated rings. The Labute approximate surface area is 358 Å². The molecule has 3 unspecified atom stereocenters. The molecule has 2 nitrogen and oxygen atoms in total. The van der Waals surface area contributed by atoms with E-state index in [0.717, 1.165) is 29.6 Å². The Bertz CT molecular complexity index is 3290. The van der Waals surface area contributed by atoms with Crippen LogP contribution in [0.5, 0.6) is 0 Å². The molecule has 0 amide bonds. The predicted octanol–water partition coefficient (Wildman–Crippen LogP) is 15.3. The fourth-order valence-electron chi connectivity index (χ4n) is 14.3. The zero-order chi connectivity index (χ0) is 40.2. The van der Waals surface area contributed by atoms with Crippen molar-refractivity contribution in [2.45, 2.75) is 50.4 Å². The number of hydrogen-bond donors (Lipinski definition) is 0. The Morgan fingerprint density at radius 2 is 1.15 bits per heavy atom. The molecule has 0 spiro atoms. The summed E-state index contributed by atoms with van der Waals surface area (Å²) in [5.41, 5.74) is 17.3. The molecule has 8 aromatic carbocycles. The molecule has 0 N–H and O–H groups in total. The van der Waals surface area contributed by atoms with Crippen molar-refractivity contribution in [3.05, 3.63) is 193 Å². The van der Waals surface area contributed by atoms with Crippen LogP contribution < -0.4 is 4.90 Å². The number of aromatic nitrogens is 1. The third kappa shape index (κ3) is 4.53. The molecule has 2 heteroatoms. The fraction of sp³-hybridized carbons (Fsp3) is 0.220. The molecule has 0 bridgehead atoms. The van der Waals surface area contributed by atoms with Crippen molar-refractivity contribution in [1.29, 1.82) is 0 Å². The van der Waals surface area contributed by atoms with Crippen LogP contribution in [0.2, 0.25) is 0 Å². The molecule has 9 aromatic rings. The summed E-state index contributed by atoms with van der Waals surface area (Å²) in [6.07, 6.45) is 5.70. The van der Waals surface area contributed by atoms with Crippen LogP contribution in [-0.2, 0) is 10.8 Å². The van der Waals surface area contributed by atoms with Gasteiger partial charge in [0, 0.05) is 44.2 Å². The van der Waals surface area contributed by atoms with E-state index in [4.69, 9.17) is 0 Å². The van der Waals surface area contributed by atoms with Gasteiger partial charge in [0.15, 0.2) is 0 Å². The van der Waals surface area contributed by atoms with Gasteiger partial charge in [-0.1, -0.05) is 135 Å². The first-order chi connectivity index (χ1) is 30.0. The number of hydrogen-bond acceptors (Lipinski definition) is 1. The van der Waals surface area contributed by atoms with Crippen LogP contribution in [0.3, 0.4) is 0 Å². The van der Waals surface area contributed by atoms with Crippen LogP contribution in [0.15, 0.2) is 176 Å². The molecule has 0 aliphatic heterocycles. The molecular weight excluding hydrogens is 737 g/mol. The van der Waals surface area contributed by atoms with E-state index in [-0.39, 0.29) is 5.41 Å². The fourth-order valence-corrected chi connectivity index (χ4v) is 14.3. The molecule has 0 radical (unpaired) electrons. The van der Waals surface area contributed by atoms with Crippen molar-refractivity contribution >= 4 is 49.6 Å². The summed E-state index contributed by atoms with van der Waals surface area (Å²) >= 11 is 0. The van der Waals surface area contributed by atoms with Crippen LogP contribution >= 0.6 is 0 Å². The Kier molecular flexibility index (Phi) is 6.83. The molecule has 1 heterocycles. The topological polar surface area (TPSA) is 8.17 Å². The van der Waals surface area contributed by atoms with Crippen LogP contribution in [0.25, 0.3) is 60.5 Å². The van der Waals surface area contributed by atoms with Crippen molar-refractivity contribution in [3.63, 3.8) is 0 Å². The molecule has 4 saturated carbocycles. The zero-order valence-corrected chi connectivity index (χ0v) is 34.9. The Morgan fingerprint density at radius 3 is 2.02 bits per heavy atom. The highest BCUT2D eigenvalue weighted by Crippen LogP contribution is 2.79. The maximum absolute atomic E-state index is 2.62. The maximum Gasteiger partial charge on any atom is 0.0547 e. The summed E-state index contributed by atoms with van der Waals surface area (Å²) in [4.78, 5) is 2.62. The molecule has 0 saturated heterocycles. The Hall–Kier alpha value is -6.38. The average molecular weight is 785 g/mol. The molecule has 5 aliphatic rings. The standard InChI is InChI=1S/C59H48N2/c1-58(2)49-18-8-5-16-45(49)46-28-27-43(33-51(46)58)60(54-22-12-9-19-50(54)59-34-40-29-39-30-41(35-59)57(59)56(39)40)42-25-23-36(24-26-42)44-15-6-10-20-52(44)61-53-21-11-7-17-47(53)48-31-37-13-3-4-14-38(37)32-55(48)61/h3-28,31-33,39-41,56-57H,29-30,34-35H2,1-2H3/t39-,40?,41?,56-,57?,59+/m0/s1. The number of para-hydroxylation sites is 3. The van der Waals surface area contributed by atoms with Crippen molar-refractivity contribution in [2.24, 2.45) is 29.6 Å². The molecule has 1 aromatic heterocycles. The van der Waals surface area contributed by atoms with E-state index >= 15 is 0 Å². The molecule has 61 heavy (non-hydrogen) atoms. The van der Waals surface area contributed by atoms with Crippen LogP contribution in [0.4, 0.5) is 17.1 Å². The monoisotopic (exact) mass is 784 g/mol. The van der Waals surface area contributed by atoms with E-state index < -0.39 is 0 Å². The largest absolute Gasteiger partial charge is 0.310 e. The van der Waals surface area contributed by atoms with Crippen LogP contribution in [-0.4, -0.2) is 4.57 Å². The van der Waals surface area contributed by atoms with Gasteiger partial charge in [0.25, 0.3) is 0 Å². The number of benzene rings is 8. The van der Waals surface area contributed by atoms with Crippen molar-refractivity contribution in [3.8, 4) is 27.9 Å². The average Bonchev–Trinajstić information content (AvgIpc) is 3.88. The van der Waals surface area contributed by atoms with Gasteiger partial charge in [-0.25, -0.2) is 0 Å². The third-order valence-corrected chi connectivity index (χ3v) is 16.7. The van der Waals surface area contributed by atoms with Gasteiger partial charge < -0.3 is 9.47 Å². The highest BCUT2D eigenvalue weighted by atomic mass is 15.1. The van der Waals surface area contributed by atoms with E-state index in [1.54, 1.807) is 5.56 Å². The summed E-state index contributed by atoms with van der Waals surface area (Å²) in [5.74, 6) is 4.68. The number of nitrogens with zero attached hydrogens (tertiary/aromatic N) is 2. The SMILES string of the molecule is CC1(C)c2ccccc2-c2ccc(N(c3ccc(-c4ccccc4-n4c5ccccc5c5cc6ccccc6cc54)cc3)c3ccccc3[C@]34CC5C[C@@H]6CC(C3)[C@H]6C54)cc21. The molecule has 294 valence electrons. The van der Waals surface area contributed by atoms with E-state index in [9.17, 15) is 0 Å². The van der Waals surface area contributed by atoms with Gasteiger partial charge in [-0.2, -0.15) is 0 Å². The predicted molar refractivity (Wildman–Crippen MR) is 254 cm³/mol. The first kappa shape index (κ1) is 34.3. The Balaban J connectivity index is 0.931. The normalized spacial score (nSPS) is 24.7. The smallest absolute Gasteiger partial charge is 0.0547 e. The first-order valence-corrected chi connectivity index (χ1v) is 22.7. The lowest BCUT2D eigenvalue weighted by Crippen LogP contribution is -2.47. The minimum Gasteiger partial charge on any atom is -0.310 e. The minimum absolute atomic E-state index is 0.0802. The lowest BCUT2D eigenvalue weighted by Gasteiger charge is -2.52. The van der Waals surface area contributed by atoms with E-state index in [2.05, 4.69) is 199 Å². The minimum atomic E-state index is -0.0802.